The summed E-state index contributed by atoms with van der Waals surface area (Å²) in [4.78, 5) is 39.9. The van der Waals surface area contributed by atoms with Crippen LogP contribution in [-0.4, -0.2) is 34.9 Å². The van der Waals surface area contributed by atoms with Crippen molar-refractivity contribution in [2.75, 3.05) is 5.32 Å². The molecule has 9 nitrogen and oxygen atoms in total. The summed E-state index contributed by atoms with van der Waals surface area (Å²) in [5.41, 5.74) is 0.457. The van der Waals surface area contributed by atoms with Gasteiger partial charge in [0.05, 0.1) is 10.2 Å². The number of fused-ring (bicyclic) bond motifs is 1. The Balaban J connectivity index is 2.48. The minimum absolute atomic E-state index is 0.222. The highest BCUT2D eigenvalue weighted by Gasteiger charge is 2.60. The highest BCUT2D eigenvalue weighted by atomic mass is 32.1. The molecule has 12 heteroatoms. The van der Waals surface area contributed by atoms with E-state index in [0.29, 0.717) is 10.2 Å². The van der Waals surface area contributed by atoms with Gasteiger partial charge in [-0.25, -0.2) is 4.98 Å². The van der Waals surface area contributed by atoms with Gasteiger partial charge in [-0.05, 0) is 12.1 Å². The number of hydrogen-bond donors (Lipinski definition) is 6. The Kier molecular flexibility index (Phi) is 3.79. The van der Waals surface area contributed by atoms with E-state index in [-0.39, 0.29) is 5.13 Å². The lowest BCUT2D eigenvalue weighted by atomic mass is 10.3. The molecule has 20 heavy (non-hydrogen) atoms. The van der Waals surface area contributed by atoms with Gasteiger partial charge in [-0.15, -0.1) is 0 Å². The largest absolute Gasteiger partial charge is 0.390 e. The van der Waals surface area contributed by atoms with Gasteiger partial charge in [0.1, 0.15) is 0 Å². The molecule has 0 bridgehead atoms. The minimum Gasteiger partial charge on any atom is -0.352 e. The summed E-state index contributed by atoms with van der Waals surface area (Å²) < 4.78 is 23.0. The van der Waals surface area contributed by atoms with Crippen LogP contribution >= 0.6 is 26.5 Å². The summed E-state index contributed by atoms with van der Waals surface area (Å²) in [5.74, 6) is 0. The van der Waals surface area contributed by atoms with E-state index in [1.165, 1.54) is 0 Å². The molecule has 0 aliphatic carbocycles. The van der Waals surface area contributed by atoms with E-state index in [4.69, 9.17) is 19.6 Å². The van der Waals surface area contributed by atoms with Crippen molar-refractivity contribution in [2.24, 2.45) is 0 Å². The van der Waals surface area contributed by atoms with E-state index in [1.807, 2.05) is 0 Å². The highest BCUT2D eigenvalue weighted by Crippen LogP contribution is 2.67. The lowest BCUT2D eigenvalue weighted by Crippen LogP contribution is -2.37. The van der Waals surface area contributed by atoms with Crippen molar-refractivity contribution in [3.8, 4) is 0 Å². The SMILES string of the molecule is O=P(O)(O)C(O)(Nc1nc2ccccc2s1)P(=O)(O)O. The predicted molar refractivity (Wildman–Crippen MR) is 72.3 cm³/mol. The Hall–Kier alpha value is -0.830. The first-order valence-electron chi connectivity index (χ1n) is 5.02. The van der Waals surface area contributed by atoms with Crippen LogP contribution in [0.1, 0.15) is 0 Å². The van der Waals surface area contributed by atoms with Gasteiger partial charge in [-0.2, -0.15) is 0 Å². The van der Waals surface area contributed by atoms with Crippen molar-refractivity contribution >= 4 is 41.9 Å². The number of aromatic nitrogens is 1. The molecule has 1 aromatic heterocycles. The number of aliphatic hydroxyl groups is 1. The molecule has 2 rings (SSSR count). The fourth-order valence-electron chi connectivity index (χ4n) is 1.38. The Labute approximate surface area is 116 Å². The molecule has 6 N–H and O–H groups in total. The minimum atomic E-state index is -5.57. The third-order valence-corrected chi connectivity index (χ3v) is 6.74. The molecule has 110 valence electrons. The van der Waals surface area contributed by atoms with Crippen LogP contribution in [-0.2, 0) is 9.13 Å². The first-order chi connectivity index (χ1) is 9.04. The van der Waals surface area contributed by atoms with E-state index < -0.39 is 20.4 Å². The lowest BCUT2D eigenvalue weighted by Gasteiger charge is -2.29. The monoisotopic (exact) mass is 340 g/mol. The molecular weight excluding hydrogens is 330 g/mol. The van der Waals surface area contributed by atoms with Crippen molar-refractivity contribution in [1.82, 2.24) is 4.98 Å². The van der Waals surface area contributed by atoms with Crippen LogP contribution in [0, 0.1) is 0 Å². The zero-order valence-corrected chi connectivity index (χ0v) is 12.2. The predicted octanol–water partition coefficient (Wildman–Crippen LogP) is 0.667. The Bertz CT molecular complexity index is 680. The number of thiazole rings is 1. The molecule has 0 saturated carbocycles. The fraction of sp³-hybridized carbons (Fsp3) is 0.125. The van der Waals surface area contributed by atoms with Crippen molar-refractivity contribution in [3.05, 3.63) is 24.3 Å². The molecule has 0 aliphatic rings. The second-order valence-corrected chi connectivity index (χ2v) is 8.69. The Morgan fingerprint density at radius 1 is 1.10 bits per heavy atom. The Morgan fingerprint density at radius 3 is 2.15 bits per heavy atom. The van der Waals surface area contributed by atoms with Crippen LogP contribution < -0.4 is 5.32 Å². The van der Waals surface area contributed by atoms with Gasteiger partial charge in [0, 0.05) is 0 Å². The molecule has 0 aliphatic heterocycles. The average molecular weight is 340 g/mol. The van der Waals surface area contributed by atoms with Gasteiger partial charge in [0.2, 0.25) is 0 Å². The lowest BCUT2D eigenvalue weighted by molar-refractivity contribution is 0.153. The zero-order chi connectivity index (χ0) is 15.2. The van der Waals surface area contributed by atoms with Gasteiger partial charge in [-0.3, -0.25) is 9.13 Å². The molecule has 1 aromatic carbocycles. The van der Waals surface area contributed by atoms with Crippen LogP contribution in [0.5, 0.6) is 0 Å². The number of nitrogens with zero attached hydrogens (tertiary/aromatic N) is 1. The third kappa shape index (κ3) is 2.65. The van der Waals surface area contributed by atoms with Crippen molar-refractivity contribution in [3.63, 3.8) is 0 Å². The molecule has 0 spiro atoms. The molecular formula is C8H10N2O7P2S. The maximum absolute atomic E-state index is 11.2. The van der Waals surface area contributed by atoms with Crippen LogP contribution in [0.2, 0.25) is 0 Å². The summed E-state index contributed by atoms with van der Waals surface area (Å²) >= 11 is 0.887. The Morgan fingerprint density at radius 2 is 1.65 bits per heavy atom. The summed E-state index contributed by atoms with van der Waals surface area (Å²) in [6.07, 6.45) is 0. The first-order valence-corrected chi connectivity index (χ1v) is 9.06. The number of rotatable bonds is 4. The summed E-state index contributed by atoms with van der Waals surface area (Å²) in [6.45, 7) is 0. The van der Waals surface area contributed by atoms with Crippen molar-refractivity contribution in [1.29, 1.82) is 0 Å². The second kappa shape index (κ2) is 4.87. The van der Waals surface area contributed by atoms with Crippen molar-refractivity contribution < 1.29 is 33.8 Å². The quantitative estimate of drug-likeness (QED) is 0.347. The van der Waals surface area contributed by atoms with Gasteiger partial charge in [-0.1, -0.05) is 23.5 Å². The summed E-state index contributed by atoms with van der Waals surface area (Å²) in [6, 6.07) is 6.63. The van der Waals surface area contributed by atoms with Crippen LogP contribution in [0.25, 0.3) is 10.2 Å². The molecule has 0 amide bonds. The van der Waals surface area contributed by atoms with Crippen LogP contribution in [0.4, 0.5) is 5.13 Å². The highest BCUT2D eigenvalue weighted by molar-refractivity contribution is 7.72. The van der Waals surface area contributed by atoms with E-state index in [0.717, 1.165) is 11.3 Å². The van der Waals surface area contributed by atoms with Gasteiger partial charge >= 0.3 is 20.4 Å². The molecule has 0 unspecified atom stereocenters. The zero-order valence-electron chi connectivity index (χ0n) is 9.61. The molecule has 2 aromatic rings. The van der Waals surface area contributed by atoms with Gasteiger partial charge < -0.3 is 30.0 Å². The number of hydrogen-bond acceptors (Lipinski definition) is 6. The second-order valence-electron chi connectivity index (χ2n) is 3.84. The summed E-state index contributed by atoms with van der Waals surface area (Å²) in [5, 5.41) is 7.52. The van der Waals surface area contributed by atoms with E-state index in [1.54, 1.807) is 29.6 Å². The smallest absolute Gasteiger partial charge is 0.352 e. The van der Waals surface area contributed by atoms with Gasteiger partial charge in [0.15, 0.2) is 5.13 Å². The molecule has 1 heterocycles. The number of anilines is 1. The van der Waals surface area contributed by atoms with Crippen LogP contribution in [0.3, 0.4) is 0 Å². The molecule has 0 fully saturated rings. The van der Waals surface area contributed by atoms with Crippen LogP contribution in [0.15, 0.2) is 24.3 Å². The number of para-hydroxylation sites is 1. The number of nitrogens with one attached hydrogen (secondary N) is 1. The third-order valence-electron chi connectivity index (χ3n) is 2.38. The maximum Gasteiger partial charge on any atom is 0.390 e. The van der Waals surface area contributed by atoms with E-state index in [9.17, 15) is 14.2 Å². The fourth-order valence-corrected chi connectivity index (χ4v) is 4.31. The molecule has 0 atom stereocenters. The van der Waals surface area contributed by atoms with E-state index in [2.05, 4.69) is 4.98 Å². The standard InChI is InChI=1S/C8H10N2O7P2S/c11-8(18(12,13)14,19(15,16)17)10-7-9-5-3-1-2-4-6(5)20-7/h1-4,11H,(H,9,10)(H2,12,13,14)(H2,15,16,17). The maximum atomic E-state index is 11.2. The summed E-state index contributed by atoms with van der Waals surface area (Å²) in [7, 11) is -11.1. The average Bonchev–Trinajstić information content (AvgIpc) is 2.67. The topological polar surface area (TPSA) is 160 Å². The van der Waals surface area contributed by atoms with E-state index >= 15 is 0 Å². The molecule has 0 radical (unpaired) electrons. The molecule has 0 saturated heterocycles. The first kappa shape index (κ1) is 15.6. The normalized spacial score (nSPS) is 13.7. The van der Waals surface area contributed by atoms with Gasteiger partial charge in [0.25, 0.3) is 0 Å². The number of benzene rings is 1. The van der Waals surface area contributed by atoms with Crippen molar-refractivity contribution in [2.45, 2.75) is 5.21 Å².